The fourth-order valence-electron chi connectivity index (χ4n) is 2.74. The van der Waals surface area contributed by atoms with E-state index in [9.17, 15) is 19.7 Å². The number of nitrogens with zero attached hydrogens (tertiary/aromatic N) is 2. The molecule has 3 aromatic rings. The Morgan fingerprint density at radius 2 is 1.93 bits per heavy atom. The normalized spacial score (nSPS) is 10.3. The van der Waals surface area contributed by atoms with Crippen LogP contribution in [0.25, 0.3) is 0 Å². The van der Waals surface area contributed by atoms with Crippen LogP contribution in [0.3, 0.4) is 0 Å². The largest absolute Gasteiger partial charge is 0.495 e. The molecule has 0 saturated carbocycles. The number of rotatable bonds is 6. The Balaban J connectivity index is 1.87. The van der Waals surface area contributed by atoms with Gasteiger partial charge in [0.1, 0.15) is 11.3 Å². The molecule has 1 aromatic heterocycles. The van der Waals surface area contributed by atoms with Crippen LogP contribution in [-0.2, 0) is 6.54 Å². The average molecular weight is 379 g/mol. The predicted molar refractivity (Wildman–Crippen MR) is 104 cm³/mol. The topological polar surface area (TPSA) is 103 Å². The van der Waals surface area contributed by atoms with E-state index in [1.165, 1.54) is 36.1 Å². The molecule has 1 N–H and O–H groups in total. The SMILES string of the molecule is COc1ccccc1NC(=O)c1cccn(Cc2cccc([N+](=O)[O-])c2)c1=O. The molecule has 0 saturated heterocycles. The molecule has 0 radical (unpaired) electrons. The molecule has 0 bridgehead atoms. The fraction of sp³-hybridized carbons (Fsp3) is 0.100. The Kier molecular flexibility index (Phi) is 5.50. The molecule has 28 heavy (non-hydrogen) atoms. The van der Waals surface area contributed by atoms with Gasteiger partial charge in [-0.05, 0) is 29.8 Å². The first-order chi connectivity index (χ1) is 13.5. The van der Waals surface area contributed by atoms with E-state index in [0.717, 1.165) is 0 Å². The third-order valence-electron chi connectivity index (χ3n) is 4.09. The fourth-order valence-corrected chi connectivity index (χ4v) is 2.74. The number of benzene rings is 2. The van der Waals surface area contributed by atoms with Crippen molar-refractivity contribution >= 4 is 17.3 Å². The number of amides is 1. The third-order valence-corrected chi connectivity index (χ3v) is 4.09. The molecule has 0 unspecified atom stereocenters. The van der Waals surface area contributed by atoms with Crippen LogP contribution in [0, 0.1) is 10.1 Å². The summed E-state index contributed by atoms with van der Waals surface area (Å²) in [5, 5.41) is 13.6. The van der Waals surface area contributed by atoms with E-state index in [0.29, 0.717) is 17.0 Å². The molecule has 0 spiro atoms. The highest BCUT2D eigenvalue weighted by atomic mass is 16.6. The summed E-state index contributed by atoms with van der Waals surface area (Å²) in [5.41, 5.74) is 0.429. The summed E-state index contributed by atoms with van der Waals surface area (Å²) >= 11 is 0. The second-order valence-electron chi connectivity index (χ2n) is 5.94. The van der Waals surface area contributed by atoms with Crippen LogP contribution in [0.5, 0.6) is 5.75 Å². The Bertz CT molecular complexity index is 1090. The van der Waals surface area contributed by atoms with E-state index >= 15 is 0 Å². The first kappa shape index (κ1) is 18.8. The molecular weight excluding hydrogens is 362 g/mol. The quantitative estimate of drug-likeness (QED) is 0.524. The number of pyridine rings is 1. The smallest absolute Gasteiger partial charge is 0.269 e. The molecule has 2 aromatic carbocycles. The van der Waals surface area contributed by atoms with Gasteiger partial charge in [-0.3, -0.25) is 19.7 Å². The number of anilines is 1. The van der Waals surface area contributed by atoms with Crippen molar-refractivity contribution in [1.82, 2.24) is 4.57 Å². The highest BCUT2D eigenvalue weighted by Crippen LogP contribution is 2.23. The molecular formula is C20H17N3O5. The van der Waals surface area contributed by atoms with E-state index in [1.807, 2.05) is 0 Å². The number of hydrogen-bond donors (Lipinski definition) is 1. The van der Waals surface area contributed by atoms with Gasteiger partial charge in [-0.2, -0.15) is 0 Å². The van der Waals surface area contributed by atoms with Crippen molar-refractivity contribution in [3.8, 4) is 5.75 Å². The zero-order valence-electron chi connectivity index (χ0n) is 15.0. The standard InChI is InChI=1S/C20H17N3O5/c1-28-18-10-3-2-9-17(18)21-19(24)16-8-5-11-22(20(16)25)13-14-6-4-7-15(12-14)23(26)27/h2-12H,13H2,1H3,(H,21,24). The number of ether oxygens (including phenoxy) is 1. The van der Waals surface area contributed by atoms with Gasteiger partial charge in [0.2, 0.25) is 0 Å². The Morgan fingerprint density at radius 1 is 1.14 bits per heavy atom. The molecule has 8 nitrogen and oxygen atoms in total. The van der Waals surface area contributed by atoms with Crippen molar-refractivity contribution < 1.29 is 14.5 Å². The number of carbonyl (C=O) groups excluding carboxylic acids is 1. The number of non-ortho nitro benzene ring substituents is 1. The third kappa shape index (κ3) is 4.07. The van der Waals surface area contributed by atoms with Crippen LogP contribution in [0.4, 0.5) is 11.4 Å². The maximum atomic E-state index is 12.7. The van der Waals surface area contributed by atoms with Crippen LogP contribution in [-0.4, -0.2) is 22.5 Å². The highest BCUT2D eigenvalue weighted by molar-refractivity contribution is 6.04. The number of para-hydroxylation sites is 2. The number of methoxy groups -OCH3 is 1. The molecule has 1 amide bonds. The first-order valence-corrected chi connectivity index (χ1v) is 8.37. The van der Waals surface area contributed by atoms with Crippen LogP contribution < -0.4 is 15.6 Å². The zero-order chi connectivity index (χ0) is 20.1. The van der Waals surface area contributed by atoms with Gasteiger partial charge in [0.25, 0.3) is 17.2 Å². The molecule has 0 atom stereocenters. The van der Waals surface area contributed by atoms with Gasteiger partial charge in [-0.1, -0.05) is 24.3 Å². The van der Waals surface area contributed by atoms with Crippen LogP contribution in [0.15, 0.2) is 71.7 Å². The van der Waals surface area contributed by atoms with Gasteiger partial charge in [-0.25, -0.2) is 0 Å². The number of nitro groups is 1. The van der Waals surface area contributed by atoms with Crippen LogP contribution in [0.2, 0.25) is 0 Å². The molecule has 3 rings (SSSR count). The first-order valence-electron chi connectivity index (χ1n) is 8.37. The van der Waals surface area contributed by atoms with Crippen molar-refractivity contribution in [1.29, 1.82) is 0 Å². The predicted octanol–water partition coefficient (Wildman–Crippen LogP) is 3.07. The molecule has 8 heteroatoms. The van der Waals surface area contributed by atoms with Gasteiger partial charge < -0.3 is 14.6 Å². The summed E-state index contributed by atoms with van der Waals surface area (Å²) < 4.78 is 6.52. The lowest BCUT2D eigenvalue weighted by Gasteiger charge is -2.11. The maximum absolute atomic E-state index is 12.7. The monoisotopic (exact) mass is 379 g/mol. The van der Waals surface area contributed by atoms with Crippen molar-refractivity contribution in [2.24, 2.45) is 0 Å². The van der Waals surface area contributed by atoms with E-state index < -0.39 is 16.4 Å². The summed E-state index contributed by atoms with van der Waals surface area (Å²) in [6.07, 6.45) is 1.53. The van der Waals surface area contributed by atoms with E-state index in [-0.39, 0.29) is 17.8 Å². The molecule has 0 fully saturated rings. The number of nitro benzene ring substituents is 1. The summed E-state index contributed by atoms with van der Waals surface area (Å²) in [6, 6.07) is 15.9. The Labute approximate surface area is 160 Å². The highest BCUT2D eigenvalue weighted by Gasteiger charge is 2.15. The summed E-state index contributed by atoms with van der Waals surface area (Å²) in [4.78, 5) is 35.7. The molecule has 1 heterocycles. The number of carbonyl (C=O) groups is 1. The Morgan fingerprint density at radius 3 is 2.68 bits per heavy atom. The molecule has 0 aliphatic carbocycles. The number of hydrogen-bond acceptors (Lipinski definition) is 5. The summed E-state index contributed by atoms with van der Waals surface area (Å²) in [5.74, 6) is -0.0911. The second kappa shape index (κ2) is 8.17. The second-order valence-corrected chi connectivity index (χ2v) is 5.94. The van der Waals surface area contributed by atoms with Crippen molar-refractivity contribution in [3.05, 3.63) is 98.5 Å². The number of aromatic nitrogens is 1. The lowest BCUT2D eigenvalue weighted by molar-refractivity contribution is -0.384. The van der Waals surface area contributed by atoms with Crippen molar-refractivity contribution in [2.75, 3.05) is 12.4 Å². The van der Waals surface area contributed by atoms with Crippen LogP contribution in [0.1, 0.15) is 15.9 Å². The molecule has 0 aliphatic rings. The zero-order valence-corrected chi connectivity index (χ0v) is 15.0. The van der Waals surface area contributed by atoms with Crippen LogP contribution >= 0.6 is 0 Å². The maximum Gasteiger partial charge on any atom is 0.269 e. The van der Waals surface area contributed by atoms with Gasteiger partial charge in [0.05, 0.1) is 24.3 Å². The lowest BCUT2D eigenvalue weighted by Crippen LogP contribution is -2.29. The lowest BCUT2D eigenvalue weighted by atomic mass is 10.2. The summed E-state index contributed by atoms with van der Waals surface area (Å²) in [6.45, 7) is 0.107. The van der Waals surface area contributed by atoms with Gasteiger partial charge in [0.15, 0.2) is 0 Å². The van der Waals surface area contributed by atoms with Crippen molar-refractivity contribution in [3.63, 3.8) is 0 Å². The summed E-state index contributed by atoms with van der Waals surface area (Å²) in [7, 11) is 1.49. The minimum atomic E-state index is -0.567. The average Bonchev–Trinajstić information content (AvgIpc) is 2.70. The van der Waals surface area contributed by atoms with E-state index in [2.05, 4.69) is 5.32 Å². The van der Waals surface area contributed by atoms with E-state index in [4.69, 9.17) is 4.74 Å². The van der Waals surface area contributed by atoms with Gasteiger partial charge in [0, 0.05) is 18.3 Å². The Hall–Kier alpha value is -3.94. The van der Waals surface area contributed by atoms with Gasteiger partial charge in [-0.15, -0.1) is 0 Å². The number of nitrogens with one attached hydrogen (secondary N) is 1. The van der Waals surface area contributed by atoms with Crippen molar-refractivity contribution in [2.45, 2.75) is 6.54 Å². The molecule has 0 aliphatic heterocycles. The van der Waals surface area contributed by atoms with Gasteiger partial charge >= 0.3 is 0 Å². The molecule has 142 valence electrons. The van der Waals surface area contributed by atoms with E-state index in [1.54, 1.807) is 42.5 Å². The minimum absolute atomic E-state index is 0.0427. The minimum Gasteiger partial charge on any atom is -0.495 e.